The van der Waals surface area contributed by atoms with Gasteiger partial charge in [0.25, 0.3) is 5.91 Å². The fourth-order valence-electron chi connectivity index (χ4n) is 2.72. The van der Waals surface area contributed by atoms with Gasteiger partial charge in [-0.15, -0.1) is 0 Å². The van der Waals surface area contributed by atoms with Gasteiger partial charge in [-0.2, -0.15) is 5.10 Å². The van der Waals surface area contributed by atoms with Crippen molar-refractivity contribution in [2.45, 2.75) is 46.1 Å². The van der Waals surface area contributed by atoms with Crippen LogP contribution in [0.5, 0.6) is 0 Å². The number of carboxylic acid groups (broad SMARTS) is 1. The molecule has 1 unspecified atom stereocenters. The molecule has 0 spiro atoms. The van der Waals surface area contributed by atoms with Crippen molar-refractivity contribution in [3.05, 3.63) is 17.5 Å². The van der Waals surface area contributed by atoms with Crippen molar-refractivity contribution in [1.29, 1.82) is 0 Å². The molecule has 0 aromatic carbocycles. The van der Waals surface area contributed by atoms with Gasteiger partial charge in [-0.1, -0.05) is 13.8 Å². The minimum Gasteiger partial charge on any atom is -0.481 e. The Morgan fingerprint density at radius 1 is 1.48 bits per heavy atom. The summed E-state index contributed by atoms with van der Waals surface area (Å²) in [6.45, 7) is 7.87. The number of rotatable bonds is 5. The highest BCUT2D eigenvalue weighted by Gasteiger charge is 2.30. The molecular weight excluding hydrogens is 270 g/mol. The van der Waals surface area contributed by atoms with Crippen molar-refractivity contribution in [2.75, 3.05) is 13.1 Å². The molecule has 6 heteroatoms. The first-order valence-corrected chi connectivity index (χ1v) is 7.51. The quantitative estimate of drug-likeness (QED) is 0.900. The molecule has 1 amide bonds. The van der Waals surface area contributed by atoms with Crippen LogP contribution in [0.2, 0.25) is 0 Å². The molecule has 1 saturated heterocycles. The van der Waals surface area contributed by atoms with Gasteiger partial charge in [-0.3, -0.25) is 14.3 Å². The van der Waals surface area contributed by atoms with E-state index in [1.807, 2.05) is 13.0 Å². The molecule has 1 N–H and O–H groups in total. The number of aromatic nitrogens is 2. The first kappa shape index (κ1) is 15.5. The van der Waals surface area contributed by atoms with Crippen molar-refractivity contribution in [1.82, 2.24) is 14.7 Å². The summed E-state index contributed by atoms with van der Waals surface area (Å²) >= 11 is 0. The Kier molecular flexibility index (Phi) is 4.65. The van der Waals surface area contributed by atoms with Crippen LogP contribution in [0, 0.1) is 5.92 Å². The number of likely N-dealkylation sites (tertiary alicyclic amines) is 1. The van der Waals surface area contributed by atoms with Gasteiger partial charge in [0.1, 0.15) is 5.69 Å². The van der Waals surface area contributed by atoms with Gasteiger partial charge in [0.2, 0.25) is 0 Å². The average Bonchev–Trinajstić information content (AvgIpc) is 3.03. The van der Waals surface area contributed by atoms with E-state index in [4.69, 9.17) is 5.11 Å². The van der Waals surface area contributed by atoms with Crippen LogP contribution in [0.15, 0.2) is 6.07 Å². The third-order valence-electron chi connectivity index (χ3n) is 3.95. The molecule has 1 fully saturated rings. The fraction of sp³-hybridized carbons (Fsp3) is 0.667. The maximum Gasteiger partial charge on any atom is 0.303 e. The van der Waals surface area contributed by atoms with E-state index in [0.717, 1.165) is 12.1 Å². The fourth-order valence-corrected chi connectivity index (χ4v) is 2.72. The molecular formula is C15H23N3O3. The Morgan fingerprint density at radius 3 is 2.76 bits per heavy atom. The molecule has 1 atom stereocenters. The molecule has 1 aromatic heterocycles. The van der Waals surface area contributed by atoms with Gasteiger partial charge in [-0.25, -0.2) is 0 Å². The van der Waals surface area contributed by atoms with Crippen LogP contribution in [0.1, 0.15) is 55.7 Å². The van der Waals surface area contributed by atoms with Crippen LogP contribution in [0.3, 0.4) is 0 Å². The molecule has 1 aliphatic rings. The maximum atomic E-state index is 12.6. The zero-order valence-corrected chi connectivity index (χ0v) is 12.9. The van der Waals surface area contributed by atoms with Crippen LogP contribution < -0.4 is 0 Å². The van der Waals surface area contributed by atoms with E-state index in [2.05, 4.69) is 18.9 Å². The highest BCUT2D eigenvalue weighted by molar-refractivity contribution is 5.93. The molecule has 2 rings (SSSR count). The second-order valence-electron chi connectivity index (χ2n) is 5.93. The number of hydrogen-bond acceptors (Lipinski definition) is 3. The lowest BCUT2D eigenvalue weighted by Crippen LogP contribution is -2.30. The molecule has 1 aliphatic heterocycles. The largest absolute Gasteiger partial charge is 0.481 e. The predicted octanol–water partition coefficient (Wildman–Crippen LogP) is 1.96. The van der Waals surface area contributed by atoms with E-state index in [0.29, 0.717) is 25.3 Å². The zero-order chi connectivity index (χ0) is 15.6. The number of nitrogens with zero attached hydrogens (tertiary/aromatic N) is 3. The third kappa shape index (κ3) is 3.43. The summed E-state index contributed by atoms with van der Waals surface area (Å²) in [6, 6.07) is 1.86. The average molecular weight is 293 g/mol. The van der Waals surface area contributed by atoms with E-state index < -0.39 is 5.97 Å². The molecule has 0 saturated carbocycles. The Hall–Kier alpha value is -1.85. The zero-order valence-electron chi connectivity index (χ0n) is 12.9. The number of aryl methyl sites for hydroxylation is 1. The molecule has 0 bridgehead atoms. The number of aliphatic carboxylic acids is 1. The minimum absolute atomic E-state index is 0.0378. The van der Waals surface area contributed by atoms with Crippen molar-refractivity contribution in [3.63, 3.8) is 0 Å². The molecule has 116 valence electrons. The predicted molar refractivity (Wildman–Crippen MR) is 78.3 cm³/mol. The van der Waals surface area contributed by atoms with E-state index in [1.165, 1.54) is 0 Å². The number of carbonyl (C=O) groups excluding carboxylic acids is 1. The second-order valence-corrected chi connectivity index (χ2v) is 5.93. The Bertz CT molecular complexity index is 536. The molecule has 0 radical (unpaired) electrons. The van der Waals surface area contributed by atoms with Gasteiger partial charge in [-0.05, 0) is 31.2 Å². The molecule has 2 heterocycles. The number of carboxylic acids is 1. The lowest BCUT2D eigenvalue weighted by atomic mass is 10.1. The first-order valence-electron chi connectivity index (χ1n) is 7.51. The molecule has 21 heavy (non-hydrogen) atoms. The van der Waals surface area contributed by atoms with Gasteiger partial charge >= 0.3 is 5.97 Å². The lowest BCUT2D eigenvalue weighted by Gasteiger charge is -2.16. The van der Waals surface area contributed by atoms with Crippen molar-refractivity contribution in [2.24, 2.45) is 5.92 Å². The highest BCUT2D eigenvalue weighted by Crippen LogP contribution is 2.23. The van der Waals surface area contributed by atoms with Crippen LogP contribution in [0.4, 0.5) is 0 Å². The third-order valence-corrected chi connectivity index (χ3v) is 3.95. The van der Waals surface area contributed by atoms with Gasteiger partial charge in [0.05, 0.1) is 5.69 Å². The van der Waals surface area contributed by atoms with Crippen molar-refractivity contribution >= 4 is 11.9 Å². The second kappa shape index (κ2) is 6.28. The first-order chi connectivity index (χ1) is 9.92. The van der Waals surface area contributed by atoms with E-state index in [9.17, 15) is 9.59 Å². The maximum absolute atomic E-state index is 12.6. The van der Waals surface area contributed by atoms with E-state index >= 15 is 0 Å². The summed E-state index contributed by atoms with van der Waals surface area (Å²) in [4.78, 5) is 25.1. The standard InChI is InChI=1S/C15H23N3O3/c1-4-18-13(8-12(16-18)10(2)3)15(21)17-6-5-11(9-17)7-14(19)20/h8,10-11H,4-7,9H2,1-3H3,(H,19,20). The summed E-state index contributed by atoms with van der Waals surface area (Å²) in [5.74, 6) is -0.490. The molecule has 6 nitrogen and oxygen atoms in total. The van der Waals surface area contributed by atoms with Gasteiger partial charge in [0, 0.05) is 26.1 Å². The topological polar surface area (TPSA) is 75.4 Å². The minimum atomic E-state index is -0.796. The SMILES string of the molecule is CCn1nc(C(C)C)cc1C(=O)N1CCC(CC(=O)O)C1. The van der Waals surface area contributed by atoms with Crippen LogP contribution in [-0.4, -0.2) is 44.8 Å². The van der Waals surface area contributed by atoms with Crippen molar-refractivity contribution in [3.8, 4) is 0 Å². The Labute approximate surface area is 124 Å². The Balaban J connectivity index is 2.12. The lowest BCUT2D eigenvalue weighted by molar-refractivity contribution is -0.138. The van der Waals surface area contributed by atoms with Crippen LogP contribution in [-0.2, 0) is 11.3 Å². The summed E-state index contributed by atoms with van der Waals surface area (Å²) in [5.41, 5.74) is 1.53. The monoisotopic (exact) mass is 293 g/mol. The molecule has 0 aliphatic carbocycles. The smallest absolute Gasteiger partial charge is 0.303 e. The van der Waals surface area contributed by atoms with E-state index in [1.54, 1.807) is 9.58 Å². The van der Waals surface area contributed by atoms with Gasteiger partial charge in [0.15, 0.2) is 0 Å². The summed E-state index contributed by atoms with van der Waals surface area (Å²) in [5, 5.41) is 13.3. The Morgan fingerprint density at radius 2 is 2.19 bits per heavy atom. The number of hydrogen-bond donors (Lipinski definition) is 1. The summed E-state index contributed by atoms with van der Waals surface area (Å²) < 4.78 is 1.74. The normalized spacial score (nSPS) is 18.5. The molecule has 1 aromatic rings. The van der Waals surface area contributed by atoms with Gasteiger partial charge < -0.3 is 10.0 Å². The highest BCUT2D eigenvalue weighted by atomic mass is 16.4. The summed E-state index contributed by atoms with van der Waals surface area (Å²) in [6.07, 6.45) is 0.892. The van der Waals surface area contributed by atoms with Crippen LogP contribution >= 0.6 is 0 Å². The van der Waals surface area contributed by atoms with Crippen molar-refractivity contribution < 1.29 is 14.7 Å². The number of carbonyl (C=O) groups is 2. The summed E-state index contributed by atoms with van der Waals surface area (Å²) in [7, 11) is 0. The van der Waals surface area contributed by atoms with Crippen LogP contribution in [0.25, 0.3) is 0 Å². The van der Waals surface area contributed by atoms with E-state index in [-0.39, 0.29) is 24.2 Å². The number of amides is 1.